The monoisotopic (exact) mass is 276 g/mol. The Hall–Kier alpha value is -1.88. The maximum atomic E-state index is 11.5. The number of carbonyl (C=O) groups is 1. The van der Waals surface area contributed by atoms with Crippen molar-refractivity contribution in [2.24, 2.45) is 0 Å². The van der Waals surface area contributed by atoms with Gasteiger partial charge in [-0.1, -0.05) is 29.0 Å². The van der Waals surface area contributed by atoms with Gasteiger partial charge in [0.25, 0.3) is 0 Å². The van der Waals surface area contributed by atoms with Crippen LogP contribution in [-0.4, -0.2) is 18.1 Å². The van der Waals surface area contributed by atoms with E-state index in [0.29, 0.717) is 5.00 Å². The molecule has 0 unspecified atom stereocenters. The molecule has 5 heteroatoms. The maximum absolute atomic E-state index is 11.5. The number of carbonyl (C=O) groups excluding carboxylic acids is 1. The second-order valence-electron chi connectivity index (χ2n) is 4.50. The number of aromatic nitrogens is 1. The van der Waals surface area contributed by atoms with Crippen molar-refractivity contribution in [1.29, 1.82) is 0 Å². The summed E-state index contributed by atoms with van der Waals surface area (Å²) < 4.78 is 4.67. The van der Waals surface area contributed by atoms with Crippen LogP contribution in [0.5, 0.6) is 0 Å². The summed E-state index contributed by atoms with van der Waals surface area (Å²) in [6.07, 6.45) is 0. The van der Waals surface area contributed by atoms with Gasteiger partial charge in [0.05, 0.1) is 7.11 Å². The number of methoxy groups -OCH3 is 1. The molecule has 2 rings (SSSR count). The molecule has 2 N–H and O–H groups in total. The van der Waals surface area contributed by atoms with Crippen LogP contribution in [-0.2, 0) is 4.74 Å². The highest BCUT2D eigenvalue weighted by atomic mass is 32.1. The summed E-state index contributed by atoms with van der Waals surface area (Å²) in [4.78, 5) is 15.9. The number of anilines is 1. The summed E-state index contributed by atoms with van der Waals surface area (Å²) >= 11 is 1.31. The fraction of sp³-hybridized carbons (Fsp3) is 0.286. The van der Waals surface area contributed by atoms with E-state index in [1.54, 1.807) is 0 Å². The fourth-order valence-electron chi connectivity index (χ4n) is 2.20. The Balaban J connectivity index is 2.58. The van der Waals surface area contributed by atoms with Crippen LogP contribution in [0.4, 0.5) is 5.00 Å². The minimum Gasteiger partial charge on any atom is -0.464 e. The minimum absolute atomic E-state index is 0.196. The number of rotatable bonds is 2. The lowest BCUT2D eigenvalue weighted by atomic mass is 10.0. The quantitative estimate of drug-likeness (QED) is 0.856. The highest BCUT2D eigenvalue weighted by Gasteiger charge is 2.19. The molecule has 0 radical (unpaired) electrons. The van der Waals surface area contributed by atoms with E-state index in [1.165, 1.54) is 24.0 Å². The molecule has 0 fully saturated rings. The second kappa shape index (κ2) is 5.01. The number of hydrogen-bond acceptors (Lipinski definition) is 5. The molecular weight excluding hydrogens is 260 g/mol. The van der Waals surface area contributed by atoms with Crippen LogP contribution in [0, 0.1) is 20.8 Å². The highest BCUT2D eigenvalue weighted by Crippen LogP contribution is 2.34. The summed E-state index contributed by atoms with van der Waals surface area (Å²) in [5.41, 5.74) is 10.5. The Labute approximate surface area is 116 Å². The van der Waals surface area contributed by atoms with Crippen LogP contribution >= 0.6 is 11.3 Å². The van der Waals surface area contributed by atoms with Crippen LogP contribution < -0.4 is 5.73 Å². The van der Waals surface area contributed by atoms with E-state index in [2.05, 4.69) is 28.8 Å². The number of hydrogen-bond donors (Lipinski definition) is 1. The van der Waals surface area contributed by atoms with Gasteiger partial charge in [0, 0.05) is 5.56 Å². The lowest BCUT2D eigenvalue weighted by Crippen LogP contribution is -2.04. The van der Waals surface area contributed by atoms with Crippen molar-refractivity contribution in [2.45, 2.75) is 20.8 Å². The summed E-state index contributed by atoms with van der Waals surface area (Å²) in [6, 6.07) is 4.19. The topological polar surface area (TPSA) is 65.2 Å². The van der Waals surface area contributed by atoms with Gasteiger partial charge in [-0.2, -0.15) is 0 Å². The van der Waals surface area contributed by atoms with E-state index >= 15 is 0 Å². The Morgan fingerprint density at radius 2 is 1.84 bits per heavy atom. The van der Waals surface area contributed by atoms with Gasteiger partial charge in [0.15, 0.2) is 5.69 Å². The van der Waals surface area contributed by atoms with Gasteiger partial charge >= 0.3 is 5.97 Å². The molecular formula is C14H16N2O2S. The van der Waals surface area contributed by atoms with Crippen molar-refractivity contribution in [1.82, 2.24) is 4.98 Å². The minimum atomic E-state index is -0.498. The van der Waals surface area contributed by atoms with Crippen LogP contribution in [0.15, 0.2) is 12.1 Å². The maximum Gasteiger partial charge on any atom is 0.359 e. The zero-order chi connectivity index (χ0) is 14.2. The van der Waals surface area contributed by atoms with Gasteiger partial charge in [-0.25, -0.2) is 9.78 Å². The smallest absolute Gasteiger partial charge is 0.359 e. The molecule has 0 amide bonds. The number of nitrogens with zero attached hydrogens (tertiary/aromatic N) is 1. The first-order chi connectivity index (χ1) is 8.93. The summed E-state index contributed by atoms with van der Waals surface area (Å²) in [7, 11) is 1.32. The van der Waals surface area contributed by atoms with E-state index < -0.39 is 5.97 Å². The predicted molar refractivity (Wildman–Crippen MR) is 77.5 cm³/mol. The molecule has 0 bridgehead atoms. The van der Waals surface area contributed by atoms with Crippen LogP contribution in [0.3, 0.4) is 0 Å². The average molecular weight is 276 g/mol. The molecule has 0 saturated carbocycles. The Morgan fingerprint density at radius 1 is 1.26 bits per heavy atom. The molecule has 19 heavy (non-hydrogen) atoms. The number of ether oxygens (including phenoxy) is 1. The molecule has 0 aliphatic rings. The van der Waals surface area contributed by atoms with Crippen molar-refractivity contribution in [3.05, 3.63) is 34.5 Å². The van der Waals surface area contributed by atoms with E-state index in [4.69, 9.17) is 5.73 Å². The van der Waals surface area contributed by atoms with E-state index in [1.807, 2.05) is 13.8 Å². The lowest BCUT2D eigenvalue weighted by molar-refractivity contribution is 0.0596. The van der Waals surface area contributed by atoms with E-state index in [9.17, 15) is 4.79 Å². The molecule has 0 atom stereocenters. The Morgan fingerprint density at radius 3 is 2.37 bits per heavy atom. The molecule has 0 spiro atoms. The molecule has 0 aliphatic heterocycles. The number of nitrogen functional groups attached to an aromatic ring is 1. The number of nitrogens with two attached hydrogens (primary N) is 1. The first-order valence-electron chi connectivity index (χ1n) is 5.87. The third-order valence-corrected chi connectivity index (χ3v) is 3.83. The van der Waals surface area contributed by atoms with Crippen LogP contribution in [0.25, 0.3) is 10.6 Å². The highest BCUT2D eigenvalue weighted by molar-refractivity contribution is 7.19. The lowest BCUT2D eigenvalue weighted by Gasteiger charge is -2.08. The van der Waals surface area contributed by atoms with Crippen molar-refractivity contribution in [3.8, 4) is 10.6 Å². The van der Waals surface area contributed by atoms with Crippen LogP contribution in [0.1, 0.15) is 27.2 Å². The SMILES string of the molecule is COC(=O)c1nc(-c2c(C)cc(C)cc2C)sc1N. The zero-order valence-electron chi connectivity index (χ0n) is 11.4. The molecule has 2 aromatic rings. The largest absolute Gasteiger partial charge is 0.464 e. The fourth-order valence-corrected chi connectivity index (χ4v) is 3.19. The molecule has 4 nitrogen and oxygen atoms in total. The normalized spacial score (nSPS) is 10.5. The number of esters is 1. The number of benzene rings is 1. The predicted octanol–water partition coefficient (Wildman–Crippen LogP) is 3.10. The molecule has 1 aromatic carbocycles. The summed E-state index contributed by atoms with van der Waals surface area (Å²) in [5, 5.41) is 1.15. The molecule has 1 heterocycles. The van der Waals surface area contributed by atoms with Crippen molar-refractivity contribution in [2.75, 3.05) is 12.8 Å². The standard InChI is InChI=1S/C14H16N2O2S/c1-7-5-8(2)10(9(3)6-7)13-16-11(12(15)19-13)14(17)18-4/h5-6H,15H2,1-4H3. The summed E-state index contributed by atoms with van der Waals surface area (Å²) in [6.45, 7) is 6.12. The molecule has 0 saturated heterocycles. The molecule has 0 aliphatic carbocycles. The third kappa shape index (κ3) is 2.46. The van der Waals surface area contributed by atoms with Crippen LogP contribution in [0.2, 0.25) is 0 Å². The first-order valence-corrected chi connectivity index (χ1v) is 6.68. The second-order valence-corrected chi connectivity index (χ2v) is 5.53. The first kappa shape index (κ1) is 13.5. The van der Waals surface area contributed by atoms with Crippen molar-refractivity contribution in [3.63, 3.8) is 0 Å². The van der Waals surface area contributed by atoms with E-state index in [-0.39, 0.29) is 5.69 Å². The Kier molecular flexibility index (Phi) is 3.57. The van der Waals surface area contributed by atoms with Gasteiger partial charge in [0.2, 0.25) is 0 Å². The number of aryl methyl sites for hydroxylation is 3. The zero-order valence-corrected chi connectivity index (χ0v) is 12.2. The Bertz CT molecular complexity index is 624. The molecule has 100 valence electrons. The van der Waals surface area contributed by atoms with Gasteiger partial charge in [-0.3, -0.25) is 0 Å². The van der Waals surface area contributed by atoms with Crippen molar-refractivity contribution >= 4 is 22.3 Å². The molecule has 1 aromatic heterocycles. The average Bonchev–Trinajstić information content (AvgIpc) is 2.68. The van der Waals surface area contributed by atoms with Gasteiger partial charge in [-0.05, 0) is 31.9 Å². The van der Waals surface area contributed by atoms with Gasteiger partial charge < -0.3 is 10.5 Å². The third-order valence-electron chi connectivity index (χ3n) is 2.92. The van der Waals surface area contributed by atoms with E-state index in [0.717, 1.165) is 21.7 Å². The van der Waals surface area contributed by atoms with Gasteiger partial charge in [-0.15, -0.1) is 0 Å². The van der Waals surface area contributed by atoms with Gasteiger partial charge in [0.1, 0.15) is 10.0 Å². The van der Waals surface area contributed by atoms with Crippen molar-refractivity contribution < 1.29 is 9.53 Å². The number of thiazole rings is 1. The summed E-state index contributed by atoms with van der Waals surface area (Å²) in [5.74, 6) is -0.498.